The molecule has 2 N–H and O–H groups in total. The molecule has 142 valence electrons. The Morgan fingerprint density at radius 2 is 1.96 bits per heavy atom. The van der Waals surface area contributed by atoms with Gasteiger partial charge >= 0.3 is 0 Å². The van der Waals surface area contributed by atoms with Crippen molar-refractivity contribution in [2.45, 2.75) is 44.3 Å². The van der Waals surface area contributed by atoms with E-state index in [0.29, 0.717) is 30.2 Å². The second kappa shape index (κ2) is 6.88. The molecule has 0 saturated heterocycles. The number of nitrogens with two attached hydrogens (primary N) is 1. The summed E-state index contributed by atoms with van der Waals surface area (Å²) in [5.74, 6) is 2.02. The molecule has 1 aliphatic carbocycles. The summed E-state index contributed by atoms with van der Waals surface area (Å²) in [5, 5.41) is -0.122. The van der Waals surface area contributed by atoms with E-state index in [9.17, 15) is 8.42 Å². The fraction of sp³-hybridized carbons (Fsp3) is 0.444. The second-order valence-corrected chi connectivity index (χ2v) is 9.06. The van der Waals surface area contributed by atoms with Crippen LogP contribution < -0.4 is 5.73 Å². The van der Waals surface area contributed by atoms with Gasteiger partial charge in [-0.15, -0.1) is 0 Å². The van der Waals surface area contributed by atoms with Crippen molar-refractivity contribution < 1.29 is 8.42 Å². The molecule has 0 radical (unpaired) electrons. The van der Waals surface area contributed by atoms with Crippen LogP contribution in [-0.2, 0) is 22.8 Å². The molecule has 3 aromatic rings. The van der Waals surface area contributed by atoms with Crippen molar-refractivity contribution in [1.29, 1.82) is 0 Å². The molecule has 3 aromatic heterocycles. The van der Waals surface area contributed by atoms with Crippen molar-refractivity contribution in [2.75, 3.05) is 11.5 Å². The lowest BCUT2D eigenvalue weighted by molar-refractivity contribution is 0.574. The van der Waals surface area contributed by atoms with Crippen molar-refractivity contribution in [1.82, 2.24) is 24.5 Å². The molecular weight excluding hydrogens is 364 g/mol. The van der Waals surface area contributed by atoms with E-state index in [4.69, 9.17) is 10.7 Å². The molecule has 0 spiro atoms. The number of nitrogens with zero attached hydrogens (tertiary/aromatic N) is 5. The van der Waals surface area contributed by atoms with Crippen LogP contribution in [0.4, 0.5) is 5.82 Å². The molecule has 4 rings (SSSR count). The molecule has 1 fully saturated rings. The molecule has 1 aliphatic rings. The van der Waals surface area contributed by atoms with E-state index in [0.717, 1.165) is 23.3 Å². The van der Waals surface area contributed by atoms with Crippen LogP contribution in [0, 0.1) is 12.8 Å². The number of pyridine rings is 1. The Labute approximate surface area is 157 Å². The third-order valence-electron chi connectivity index (χ3n) is 4.84. The van der Waals surface area contributed by atoms with Crippen LogP contribution in [0.25, 0.3) is 11.0 Å². The molecule has 0 unspecified atom stereocenters. The summed E-state index contributed by atoms with van der Waals surface area (Å²) in [6, 6.07) is 1.60. The van der Waals surface area contributed by atoms with E-state index in [1.54, 1.807) is 12.3 Å². The largest absolute Gasteiger partial charge is 0.382 e. The maximum absolute atomic E-state index is 12.4. The number of nitrogen functional groups attached to an aromatic ring is 1. The summed E-state index contributed by atoms with van der Waals surface area (Å²) >= 11 is 0. The van der Waals surface area contributed by atoms with Crippen molar-refractivity contribution in [3.63, 3.8) is 0 Å². The zero-order valence-corrected chi connectivity index (χ0v) is 16.0. The van der Waals surface area contributed by atoms with Crippen LogP contribution in [0.15, 0.2) is 29.8 Å². The molecule has 0 aliphatic heterocycles. The normalized spacial score (nSPS) is 14.7. The van der Waals surface area contributed by atoms with E-state index in [-0.39, 0.29) is 10.9 Å². The van der Waals surface area contributed by atoms with E-state index >= 15 is 0 Å². The predicted octanol–water partition coefficient (Wildman–Crippen LogP) is 1.93. The fourth-order valence-electron chi connectivity index (χ4n) is 3.29. The first-order valence-electron chi connectivity index (χ1n) is 9.05. The minimum atomic E-state index is -3.50. The molecule has 0 amide bonds. The number of imidazole rings is 1. The lowest BCUT2D eigenvalue weighted by Crippen LogP contribution is -2.14. The van der Waals surface area contributed by atoms with Crippen LogP contribution in [0.1, 0.15) is 30.7 Å². The van der Waals surface area contributed by atoms with Gasteiger partial charge in [-0.2, -0.15) is 0 Å². The molecule has 0 aromatic carbocycles. The van der Waals surface area contributed by atoms with Crippen molar-refractivity contribution in [3.05, 3.63) is 36.0 Å². The number of hydrogen-bond donors (Lipinski definition) is 1. The summed E-state index contributed by atoms with van der Waals surface area (Å²) in [7, 11) is -3.50. The first-order valence-corrected chi connectivity index (χ1v) is 10.7. The summed E-state index contributed by atoms with van der Waals surface area (Å²) in [6.45, 7) is 2.53. The maximum atomic E-state index is 12.4. The van der Waals surface area contributed by atoms with Crippen molar-refractivity contribution in [2.24, 2.45) is 5.92 Å². The highest BCUT2D eigenvalue weighted by atomic mass is 32.2. The van der Waals surface area contributed by atoms with Gasteiger partial charge in [-0.1, -0.05) is 0 Å². The Balaban J connectivity index is 1.60. The smallest absolute Gasteiger partial charge is 0.246 e. The molecule has 1 saturated carbocycles. The number of aryl methyl sites for hydroxylation is 2. The van der Waals surface area contributed by atoms with Gasteiger partial charge in [-0.3, -0.25) is 0 Å². The minimum Gasteiger partial charge on any atom is -0.382 e. The maximum Gasteiger partial charge on any atom is 0.246 e. The Morgan fingerprint density at radius 3 is 2.67 bits per heavy atom. The second-order valence-electron chi connectivity index (χ2n) is 7.05. The first-order chi connectivity index (χ1) is 13.0. The summed E-state index contributed by atoms with van der Waals surface area (Å²) in [4.78, 5) is 16.7. The summed E-state index contributed by atoms with van der Waals surface area (Å²) < 4.78 is 27.0. The van der Waals surface area contributed by atoms with Crippen LogP contribution in [0.3, 0.4) is 0 Å². The van der Waals surface area contributed by atoms with Crippen molar-refractivity contribution in [3.8, 4) is 0 Å². The highest BCUT2D eigenvalue weighted by Gasteiger charge is 2.26. The molecule has 3 heterocycles. The Kier molecular flexibility index (Phi) is 4.55. The first kappa shape index (κ1) is 17.8. The molecular formula is C18H22N6O2S. The number of hydrogen-bond acceptors (Lipinski definition) is 7. The Morgan fingerprint density at radius 1 is 1.22 bits per heavy atom. The quantitative estimate of drug-likeness (QED) is 0.617. The SMILES string of the molecule is Cc1cnc(N)c2nc(CC3CC3)n(CCCS(=O)(=O)c3ncccn3)c12. The molecule has 0 atom stereocenters. The molecule has 8 nitrogen and oxygen atoms in total. The van der Waals surface area contributed by atoms with Gasteiger partial charge in [0, 0.05) is 31.6 Å². The van der Waals surface area contributed by atoms with E-state index < -0.39 is 9.84 Å². The average Bonchev–Trinajstić information content (AvgIpc) is 3.39. The molecule has 0 bridgehead atoms. The zero-order chi connectivity index (χ0) is 19.0. The molecule has 27 heavy (non-hydrogen) atoms. The van der Waals surface area contributed by atoms with Gasteiger partial charge in [-0.05, 0) is 43.7 Å². The van der Waals surface area contributed by atoms with E-state index in [2.05, 4.69) is 19.5 Å². The van der Waals surface area contributed by atoms with Gasteiger partial charge in [0.25, 0.3) is 0 Å². The monoisotopic (exact) mass is 386 g/mol. The van der Waals surface area contributed by atoms with E-state index in [1.807, 2.05) is 6.92 Å². The standard InChI is InChI=1S/C18H22N6O2S/c1-12-11-22-17(19)15-16(12)24(14(23-15)10-13-4-5-13)8-3-9-27(25,26)18-20-6-2-7-21-18/h2,6-7,11,13H,3-5,8-10H2,1H3,(H2,19,22). The lowest BCUT2D eigenvalue weighted by atomic mass is 10.2. The number of fused-ring (bicyclic) bond motifs is 1. The number of rotatable bonds is 7. The number of aromatic nitrogens is 5. The molecule has 9 heteroatoms. The van der Waals surface area contributed by atoms with Gasteiger partial charge < -0.3 is 10.3 Å². The van der Waals surface area contributed by atoms with E-state index in [1.165, 1.54) is 25.2 Å². The van der Waals surface area contributed by atoms with Gasteiger partial charge in [0.1, 0.15) is 11.3 Å². The minimum absolute atomic E-state index is 0.0147. The van der Waals surface area contributed by atoms with Gasteiger partial charge in [0.05, 0.1) is 11.3 Å². The number of anilines is 1. The van der Waals surface area contributed by atoms with Crippen molar-refractivity contribution >= 4 is 26.7 Å². The average molecular weight is 386 g/mol. The van der Waals surface area contributed by atoms with Crippen LogP contribution in [0.2, 0.25) is 0 Å². The zero-order valence-electron chi connectivity index (χ0n) is 15.2. The predicted molar refractivity (Wildman–Crippen MR) is 102 cm³/mol. The highest BCUT2D eigenvalue weighted by molar-refractivity contribution is 7.91. The Bertz CT molecular complexity index is 1070. The third kappa shape index (κ3) is 3.64. The summed E-state index contributed by atoms with van der Waals surface area (Å²) in [6.07, 6.45) is 8.40. The summed E-state index contributed by atoms with van der Waals surface area (Å²) in [5.41, 5.74) is 8.68. The Hall–Kier alpha value is -2.55. The highest BCUT2D eigenvalue weighted by Crippen LogP contribution is 2.34. The fourth-order valence-corrected chi connectivity index (χ4v) is 4.43. The van der Waals surface area contributed by atoms with Gasteiger partial charge in [0.2, 0.25) is 15.0 Å². The van der Waals surface area contributed by atoms with Gasteiger partial charge in [-0.25, -0.2) is 28.4 Å². The number of sulfone groups is 1. The van der Waals surface area contributed by atoms with Crippen LogP contribution in [-0.4, -0.2) is 38.7 Å². The lowest BCUT2D eigenvalue weighted by Gasteiger charge is -2.10. The third-order valence-corrected chi connectivity index (χ3v) is 6.44. The van der Waals surface area contributed by atoms with Gasteiger partial charge in [0.15, 0.2) is 5.82 Å². The van der Waals surface area contributed by atoms with Crippen LogP contribution in [0.5, 0.6) is 0 Å². The van der Waals surface area contributed by atoms with Crippen LogP contribution >= 0.6 is 0 Å². The topological polar surface area (TPSA) is 117 Å².